The van der Waals surface area contributed by atoms with Gasteiger partial charge in [0.05, 0.1) is 21.9 Å². The number of ketones is 1. The number of rotatable bonds is 5. The van der Waals surface area contributed by atoms with Crippen LogP contribution in [0, 0.1) is 0 Å². The molecule has 0 aliphatic rings. The molecule has 0 fully saturated rings. The molecule has 1 heterocycles. The minimum Gasteiger partial charge on any atom is -0.439 e. The van der Waals surface area contributed by atoms with Crippen molar-refractivity contribution in [1.82, 2.24) is 4.98 Å². The molecule has 136 valence electrons. The van der Waals surface area contributed by atoms with E-state index >= 15 is 0 Å². The van der Waals surface area contributed by atoms with Crippen molar-refractivity contribution in [3.8, 4) is 11.6 Å². The summed E-state index contributed by atoms with van der Waals surface area (Å²) in [5, 5.41) is 3.41. The molecule has 1 aromatic heterocycles. The molecule has 1 N–H and O–H groups in total. The summed E-state index contributed by atoms with van der Waals surface area (Å²) in [7, 11) is 0. The van der Waals surface area contributed by atoms with Crippen molar-refractivity contribution in [2.24, 2.45) is 0 Å². The van der Waals surface area contributed by atoms with Crippen LogP contribution in [0.25, 0.3) is 0 Å². The highest BCUT2D eigenvalue weighted by Crippen LogP contribution is 2.24. The van der Waals surface area contributed by atoms with Crippen molar-refractivity contribution in [3.05, 3.63) is 82.0 Å². The Bertz CT molecular complexity index is 987. The molecule has 0 bridgehead atoms. The molecule has 0 unspecified atom stereocenters. The number of amides is 1. The minimum atomic E-state index is -0.330. The van der Waals surface area contributed by atoms with E-state index in [1.165, 1.54) is 19.2 Å². The summed E-state index contributed by atoms with van der Waals surface area (Å²) >= 11 is 11.8. The zero-order chi connectivity index (χ0) is 19.4. The lowest BCUT2D eigenvalue weighted by Gasteiger charge is -2.08. The van der Waals surface area contributed by atoms with Gasteiger partial charge in [-0.05, 0) is 55.5 Å². The maximum absolute atomic E-state index is 12.2. The number of Topliss-reactive ketones (excluding diaryl/α,β-unsaturated/α-hetero) is 1. The average molecular weight is 401 g/mol. The summed E-state index contributed by atoms with van der Waals surface area (Å²) in [5.74, 6) is 0.573. The molecular weight excluding hydrogens is 387 g/mol. The van der Waals surface area contributed by atoms with Gasteiger partial charge < -0.3 is 10.1 Å². The first-order valence-electron chi connectivity index (χ1n) is 7.94. The van der Waals surface area contributed by atoms with E-state index in [4.69, 9.17) is 27.9 Å². The minimum absolute atomic E-state index is 0.0123. The summed E-state index contributed by atoms with van der Waals surface area (Å²) in [4.78, 5) is 27.7. The molecule has 7 heteroatoms. The van der Waals surface area contributed by atoms with Crippen LogP contribution in [0.4, 0.5) is 5.69 Å². The zero-order valence-corrected chi connectivity index (χ0v) is 15.7. The van der Waals surface area contributed by atoms with Crippen molar-refractivity contribution >= 4 is 40.6 Å². The first-order chi connectivity index (χ1) is 12.9. The molecule has 27 heavy (non-hydrogen) atoms. The van der Waals surface area contributed by atoms with Gasteiger partial charge in [-0.2, -0.15) is 0 Å². The second-order valence-electron chi connectivity index (χ2n) is 5.65. The van der Waals surface area contributed by atoms with Crippen LogP contribution in [-0.2, 0) is 0 Å². The Morgan fingerprint density at radius 2 is 1.63 bits per heavy atom. The smallest absolute Gasteiger partial charge is 0.255 e. The first kappa shape index (κ1) is 18.9. The van der Waals surface area contributed by atoms with Gasteiger partial charge in [0.15, 0.2) is 5.78 Å². The Kier molecular flexibility index (Phi) is 5.74. The van der Waals surface area contributed by atoms with Crippen molar-refractivity contribution in [2.75, 3.05) is 5.32 Å². The normalized spacial score (nSPS) is 10.3. The van der Waals surface area contributed by atoms with Crippen LogP contribution >= 0.6 is 23.2 Å². The average Bonchev–Trinajstić information content (AvgIpc) is 2.66. The Labute approximate surface area is 165 Å². The van der Waals surface area contributed by atoms with Crippen molar-refractivity contribution < 1.29 is 14.3 Å². The Balaban J connectivity index is 1.65. The SMILES string of the molecule is CC(=O)c1ccc(Oc2ccc(NC(=O)c3ccc(Cl)c(Cl)c3)cn2)cc1. The number of nitrogens with one attached hydrogen (secondary N) is 1. The Morgan fingerprint density at radius 3 is 2.22 bits per heavy atom. The highest BCUT2D eigenvalue weighted by Gasteiger charge is 2.09. The standard InChI is InChI=1S/C20H14Cl2N2O3/c1-12(25)13-2-6-16(7-3-13)27-19-9-5-15(11-23-19)24-20(26)14-4-8-17(21)18(22)10-14/h2-11H,1H3,(H,24,26). The summed E-state index contributed by atoms with van der Waals surface area (Å²) in [5.41, 5.74) is 1.50. The van der Waals surface area contributed by atoms with Gasteiger partial charge in [0.25, 0.3) is 5.91 Å². The molecule has 0 saturated carbocycles. The summed E-state index contributed by atoms with van der Waals surface area (Å²) in [6, 6.07) is 14.7. The molecule has 1 amide bonds. The number of ether oxygens (including phenoxy) is 1. The van der Waals surface area contributed by atoms with Gasteiger partial charge in [-0.1, -0.05) is 23.2 Å². The molecular formula is C20H14Cl2N2O3. The van der Waals surface area contributed by atoms with Crippen LogP contribution < -0.4 is 10.1 Å². The van der Waals surface area contributed by atoms with Gasteiger partial charge in [-0.15, -0.1) is 0 Å². The lowest BCUT2D eigenvalue weighted by molar-refractivity contribution is 0.101. The zero-order valence-electron chi connectivity index (χ0n) is 14.2. The van der Waals surface area contributed by atoms with E-state index in [0.717, 1.165) is 0 Å². The second kappa shape index (κ2) is 8.20. The fourth-order valence-corrected chi connectivity index (χ4v) is 2.53. The first-order valence-corrected chi connectivity index (χ1v) is 8.69. The maximum atomic E-state index is 12.2. The Morgan fingerprint density at radius 1 is 0.926 bits per heavy atom. The van der Waals surface area contributed by atoms with Crippen molar-refractivity contribution in [3.63, 3.8) is 0 Å². The van der Waals surface area contributed by atoms with E-state index in [0.29, 0.717) is 38.5 Å². The molecule has 0 aliphatic carbocycles. The monoisotopic (exact) mass is 400 g/mol. The quantitative estimate of drug-likeness (QED) is 0.562. The number of benzene rings is 2. The van der Waals surface area contributed by atoms with Crippen LogP contribution in [0.15, 0.2) is 60.8 Å². The summed E-state index contributed by atoms with van der Waals surface area (Å²) < 4.78 is 5.62. The number of hydrogen-bond acceptors (Lipinski definition) is 4. The van der Waals surface area contributed by atoms with Gasteiger partial charge in [0, 0.05) is 17.2 Å². The summed E-state index contributed by atoms with van der Waals surface area (Å²) in [6.07, 6.45) is 1.48. The molecule has 2 aromatic carbocycles. The van der Waals surface area contributed by atoms with E-state index in [2.05, 4.69) is 10.3 Å². The topological polar surface area (TPSA) is 68.3 Å². The van der Waals surface area contributed by atoms with E-state index in [-0.39, 0.29) is 11.7 Å². The predicted molar refractivity (Wildman–Crippen MR) is 105 cm³/mol. The van der Waals surface area contributed by atoms with Gasteiger partial charge in [0.2, 0.25) is 5.88 Å². The highest BCUT2D eigenvalue weighted by atomic mass is 35.5. The van der Waals surface area contributed by atoms with Crippen LogP contribution in [0.2, 0.25) is 10.0 Å². The number of aromatic nitrogens is 1. The largest absolute Gasteiger partial charge is 0.439 e. The maximum Gasteiger partial charge on any atom is 0.255 e. The number of pyridine rings is 1. The number of anilines is 1. The Hall–Kier alpha value is -2.89. The van der Waals surface area contributed by atoms with Gasteiger partial charge in [-0.3, -0.25) is 9.59 Å². The third-order valence-corrected chi connectivity index (χ3v) is 4.40. The van der Waals surface area contributed by atoms with Crippen LogP contribution in [0.5, 0.6) is 11.6 Å². The lowest BCUT2D eigenvalue weighted by Crippen LogP contribution is -2.12. The molecule has 5 nitrogen and oxygen atoms in total. The van der Waals surface area contributed by atoms with Gasteiger partial charge >= 0.3 is 0 Å². The molecule has 0 saturated heterocycles. The van der Waals surface area contributed by atoms with E-state index in [1.54, 1.807) is 48.5 Å². The number of carbonyl (C=O) groups excluding carboxylic acids is 2. The molecule has 3 rings (SSSR count). The van der Waals surface area contributed by atoms with E-state index < -0.39 is 0 Å². The number of halogens is 2. The molecule has 0 radical (unpaired) electrons. The van der Waals surface area contributed by atoms with Crippen molar-refractivity contribution in [2.45, 2.75) is 6.92 Å². The number of nitrogens with zero attached hydrogens (tertiary/aromatic N) is 1. The number of hydrogen-bond donors (Lipinski definition) is 1. The lowest BCUT2D eigenvalue weighted by atomic mass is 10.1. The van der Waals surface area contributed by atoms with Crippen LogP contribution in [0.1, 0.15) is 27.6 Å². The number of carbonyl (C=O) groups is 2. The summed E-state index contributed by atoms with van der Waals surface area (Å²) in [6.45, 7) is 1.50. The van der Waals surface area contributed by atoms with E-state index in [9.17, 15) is 9.59 Å². The van der Waals surface area contributed by atoms with E-state index in [1.807, 2.05) is 0 Å². The second-order valence-corrected chi connectivity index (χ2v) is 6.47. The molecule has 0 spiro atoms. The third kappa shape index (κ3) is 4.84. The predicted octanol–water partition coefficient (Wildman–Crippen LogP) is 5.64. The van der Waals surface area contributed by atoms with Crippen molar-refractivity contribution in [1.29, 1.82) is 0 Å². The van der Waals surface area contributed by atoms with Gasteiger partial charge in [-0.25, -0.2) is 4.98 Å². The van der Waals surface area contributed by atoms with Crippen LogP contribution in [-0.4, -0.2) is 16.7 Å². The fourth-order valence-electron chi connectivity index (χ4n) is 2.23. The van der Waals surface area contributed by atoms with Crippen LogP contribution in [0.3, 0.4) is 0 Å². The third-order valence-electron chi connectivity index (χ3n) is 3.66. The fraction of sp³-hybridized carbons (Fsp3) is 0.0500. The van der Waals surface area contributed by atoms with Gasteiger partial charge in [0.1, 0.15) is 5.75 Å². The molecule has 3 aromatic rings. The highest BCUT2D eigenvalue weighted by molar-refractivity contribution is 6.42. The molecule has 0 aliphatic heterocycles. The molecule has 0 atom stereocenters.